The van der Waals surface area contributed by atoms with Crippen LogP contribution >= 0.6 is 0 Å². The van der Waals surface area contributed by atoms with Crippen molar-refractivity contribution in [1.82, 2.24) is 10.2 Å². The molecule has 84 valence electrons. The number of aromatic amines is 1. The van der Waals surface area contributed by atoms with Crippen molar-refractivity contribution >= 4 is 0 Å². The van der Waals surface area contributed by atoms with Gasteiger partial charge in [-0.05, 0) is 50.1 Å². The van der Waals surface area contributed by atoms with Crippen molar-refractivity contribution < 1.29 is 4.74 Å². The summed E-state index contributed by atoms with van der Waals surface area (Å²) >= 11 is 0. The molecule has 0 spiro atoms. The minimum Gasteiger partial charge on any atom is -0.496 e. The van der Waals surface area contributed by atoms with Crippen LogP contribution in [0.4, 0.5) is 0 Å². The van der Waals surface area contributed by atoms with Crippen LogP contribution in [0.1, 0.15) is 16.8 Å². The minimum absolute atomic E-state index is 0.925. The lowest BCUT2D eigenvalue weighted by atomic mass is 10.0. The number of H-pyrrole nitrogens is 1. The van der Waals surface area contributed by atoms with E-state index < -0.39 is 0 Å². The maximum atomic E-state index is 5.29. The Hall–Kier alpha value is -1.77. The lowest BCUT2D eigenvalue weighted by molar-refractivity contribution is 0.411. The lowest BCUT2D eigenvalue weighted by Crippen LogP contribution is -1.91. The maximum Gasteiger partial charge on any atom is 0.122 e. The summed E-state index contributed by atoms with van der Waals surface area (Å²) in [4.78, 5) is 0. The SMILES string of the molecule is COc1cc(C)c(-c2cc(C)[nH]n2)cc1C. The van der Waals surface area contributed by atoms with E-state index in [9.17, 15) is 0 Å². The van der Waals surface area contributed by atoms with Crippen LogP contribution in [0.5, 0.6) is 5.75 Å². The van der Waals surface area contributed by atoms with Crippen LogP contribution in [0.3, 0.4) is 0 Å². The van der Waals surface area contributed by atoms with E-state index in [2.05, 4.69) is 29.3 Å². The Bertz CT molecular complexity index is 515. The summed E-state index contributed by atoms with van der Waals surface area (Å²) in [6, 6.07) is 6.21. The quantitative estimate of drug-likeness (QED) is 0.838. The van der Waals surface area contributed by atoms with Gasteiger partial charge >= 0.3 is 0 Å². The van der Waals surface area contributed by atoms with Crippen LogP contribution in [0.2, 0.25) is 0 Å². The van der Waals surface area contributed by atoms with Crippen molar-refractivity contribution in [3.8, 4) is 17.0 Å². The van der Waals surface area contributed by atoms with Gasteiger partial charge in [-0.3, -0.25) is 5.10 Å². The van der Waals surface area contributed by atoms with Crippen LogP contribution < -0.4 is 4.74 Å². The average molecular weight is 216 g/mol. The fourth-order valence-electron chi connectivity index (χ4n) is 1.84. The van der Waals surface area contributed by atoms with E-state index in [0.29, 0.717) is 0 Å². The average Bonchev–Trinajstić information content (AvgIpc) is 2.67. The molecule has 1 aromatic carbocycles. The third kappa shape index (κ3) is 1.81. The van der Waals surface area contributed by atoms with Gasteiger partial charge in [0.25, 0.3) is 0 Å². The molecule has 0 bridgehead atoms. The van der Waals surface area contributed by atoms with Crippen LogP contribution in [0.15, 0.2) is 18.2 Å². The second kappa shape index (κ2) is 4.00. The van der Waals surface area contributed by atoms with Gasteiger partial charge in [0, 0.05) is 11.3 Å². The number of ether oxygens (including phenoxy) is 1. The molecular weight excluding hydrogens is 200 g/mol. The first-order chi connectivity index (χ1) is 7.61. The molecule has 2 aromatic rings. The summed E-state index contributed by atoms with van der Waals surface area (Å²) in [5.41, 5.74) is 5.52. The summed E-state index contributed by atoms with van der Waals surface area (Å²) in [5, 5.41) is 7.24. The zero-order valence-corrected chi connectivity index (χ0v) is 10.1. The van der Waals surface area contributed by atoms with E-state index in [4.69, 9.17) is 4.74 Å². The number of aryl methyl sites for hydroxylation is 3. The molecule has 0 atom stereocenters. The molecule has 0 aliphatic rings. The van der Waals surface area contributed by atoms with Crippen LogP contribution in [0.25, 0.3) is 11.3 Å². The number of aromatic nitrogens is 2. The van der Waals surface area contributed by atoms with Crippen LogP contribution in [-0.4, -0.2) is 17.3 Å². The van der Waals surface area contributed by atoms with E-state index in [1.807, 2.05) is 19.9 Å². The van der Waals surface area contributed by atoms with Crippen LogP contribution in [0, 0.1) is 20.8 Å². The Kier molecular flexibility index (Phi) is 2.69. The van der Waals surface area contributed by atoms with E-state index in [1.54, 1.807) is 7.11 Å². The fraction of sp³-hybridized carbons (Fsp3) is 0.308. The molecule has 1 N–H and O–H groups in total. The molecule has 3 heteroatoms. The first-order valence-electron chi connectivity index (χ1n) is 5.29. The summed E-state index contributed by atoms with van der Waals surface area (Å²) in [7, 11) is 1.69. The van der Waals surface area contributed by atoms with Crippen molar-refractivity contribution in [3.05, 3.63) is 35.0 Å². The molecule has 16 heavy (non-hydrogen) atoms. The molecule has 0 fully saturated rings. The predicted molar refractivity (Wildman–Crippen MR) is 64.8 cm³/mol. The second-order valence-electron chi connectivity index (χ2n) is 4.07. The van der Waals surface area contributed by atoms with Crippen molar-refractivity contribution in [1.29, 1.82) is 0 Å². The van der Waals surface area contributed by atoms with Gasteiger partial charge in [-0.2, -0.15) is 5.10 Å². The summed E-state index contributed by atoms with van der Waals surface area (Å²) in [6.07, 6.45) is 0. The number of rotatable bonds is 2. The number of methoxy groups -OCH3 is 1. The van der Waals surface area contributed by atoms with Crippen molar-refractivity contribution in [2.24, 2.45) is 0 Å². The highest BCUT2D eigenvalue weighted by Gasteiger charge is 2.08. The second-order valence-corrected chi connectivity index (χ2v) is 4.07. The molecule has 0 aliphatic carbocycles. The van der Waals surface area contributed by atoms with Gasteiger partial charge in [0.2, 0.25) is 0 Å². The normalized spacial score (nSPS) is 10.5. The van der Waals surface area contributed by atoms with Gasteiger partial charge in [0.05, 0.1) is 12.8 Å². The number of hydrogen-bond acceptors (Lipinski definition) is 2. The zero-order chi connectivity index (χ0) is 11.7. The third-order valence-corrected chi connectivity index (χ3v) is 2.72. The molecule has 0 amide bonds. The van der Waals surface area contributed by atoms with Gasteiger partial charge in [0.15, 0.2) is 0 Å². The Morgan fingerprint density at radius 2 is 1.81 bits per heavy atom. The zero-order valence-electron chi connectivity index (χ0n) is 10.1. The molecule has 0 aliphatic heterocycles. The highest BCUT2D eigenvalue weighted by Crippen LogP contribution is 2.29. The number of hydrogen-bond donors (Lipinski definition) is 1. The molecule has 1 heterocycles. The van der Waals surface area contributed by atoms with Gasteiger partial charge in [-0.25, -0.2) is 0 Å². The first-order valence-corrected chi connectivity index (χ1v) is 5.29. The summed E-state index contributed by atoms with van der Waals surface area (Å²) in [5.74, 6) is 0.925. The van der Waals surface area contributed by atoms with Gasteiger partial charge in [-0.15, -0.1) is 0 Å². The molecular formula is C13H16N2O. The molecule has 0 unspecified atom stereocenters. The van der Waals surface area contributed by atoms with E-state index in [1.165, 1.54) is 5.56 Å². The standard InChI is InChI=1S/C13H16N2O/c1-8-6-13(16-4)9(2)5-11(8)12-7-10(3)14-15-12/h5-7H,1-4H3,(H,14,15). The van der Waals surface area contributed by atoms with E-state index >= 15 is 0 Å². The largest absolute Gasteiger partial charge is 0.496 e. The van der Waals surface area contributed by atoms with Crippen molar-refractivity contribution in [2.75, 3.05) is 7.11 Å². The molecule has 0 saturated heterocycles. The van der Waals surface area contributed by atoms with E-state index in [0.717, 1.165) is 28.3 Å². The van der Waals surface area contributed by atoms with E-state index in [-0.39, 0.29) is 0 Å². The summed E-state index contributed by atoms with van der Waals surface area (Å²) in [6.45, 7) is 6.12. The lowest BCUT2D eigenvalue weighted by Gasteiger charge is -2.09. The number of benzene rings is 1. The minimum atomic E-state index is 0.925. The molecule has 0 radical (unpaired) electrons. The smallest absolute Gasteiger partial charge is 0.122 e. The number of nitrogens with one attached hydrogen (secondary N) is 1. The van der Waals surface area contributed by atoms with Gasteiger partial charge < -0.3 is 4.74 Å². The third-order valence-electron chi connectivity index (χ3n) is 2.72. The van der Waals surface area contributed by atoms with Crippen LogP contribution in [-0.2, 0) is 0 Å². The Morgan fingerprint density at radius 1 is 1.06 bits per heavy atom. The highest BCUT2D eigenvalue weighted by molar-refractivity contribution is 5.66. The Balaban J connectivity index is 2.54. The molecule has 1 aromatic heterocycles. The molecule has 0 saturated carbocycles. The Morgan fingerprint density at radius 3 is 2.38 bits per heavy atom. The first kappa shape index (κ1) is 10.7. The monoisotopic (exact) mass is 216 g/mol. The topological polar surface area (TPSA) is 37.9 Å². The maximum absolute atomic E-state index is 5.29. The fourth-order valence-corrected chi connectivity index (χ4v) is 1.84. The summed E-state index contributed by atoms with van der Waals surface area (Å²) < 4.78 is 5.29. The van der Waals surface area contributed by atoms with Gasteiger partial charge in [0.1, 0.15) is 5.75 Å². The Labute approximate surface area is 95.5 Å². The predicted octanol–water partition coefficient (Wildman–Crippen LogP) is 3.01. The molecule has 2 rings (SSSR count). The highest BCUT2D eigenvalue weighted by atomic mass is 16.5. The van der Waals surface area contributed by atoms with Gasteiger partial charge in [-0.1, -0.05) is 0 Å². The van der Waals surface area contributed by atoms with Crippen molar-refractivity contribution in [3.63, 3.8) is 0 Å². The number of nitrogens with zero attached hydrogens (tertiary/aromatic N) is 1. The van der Waals surface area contributed by atoms with Crippen molar-refractivity contribution in [2.45, 2.75) is 20.8 Å². The molecule has 3 nitrogen and oxygen atoms in total.